The molecule has 1 atom stereocenters. The normalized spacial score (nSPS) is 21.7. The smallest absolute Gasteiger partial charge is 0.336 e. The fourth-order valence-electron chi connectivity index (χ4n) is 3.81. The molecule has 3 rings (SSSR count). The second-order valence-electron chi connectivity index (χ2n) is 7.57. The molecule has 1 aromatic carbocycles. The molecule has 0 saturated heterocycles. The van der Waals surface area contributed by atoms with Gasteiger partial charge >= 0.3 is 5.97 Å². The summed E-state index contributed by atoms with van der Waals surface area (Å²) in [5, 5.41) is 3.13. The third-order valence-electron chi connectivity index (χ3n) is 5.29. The summed E-state index contributed by atoms with van der Waals surface area (Å²) in [6.07, 6.45) is 1.23. The van der Waals surface area contributed by atoms with Gasteiger partial charge in [-0.05, 0) is 32.8 Å². The molecule has 0 fully saturated rings. The van der Waals surface area contributed by atoms with Gasteiger partial charge < -0.3 is 10.1 Å². The Morgan fingerprint density at radius 1 is 1.33 bits per heavy atom. The molecule has 1 aliphatic carbocycles. The number of nitrogens with one attached hydrogen (secondary N) is 1. The van der Waals surface area contributed by atoms with Gasteiger partial charge in [-0.25, -0.2) is 13.6 Å². The second-order valence-corrected chi connectivity index (χ2v) is 7.57. The number of ether oxygens (including phenoxy) is 1. The molecular weight excluding hydrogens is 352 g/mol. The van der Waals surface area contributed by atoms with Gasteiger partial charge in [0.25, 0.3) is 0 Å². The van der Waals surface area contributed by atoms with E-state index >= 15 is 0 Å². The van der Waals surface area contributed by atoms with E-state index in [1.54, 1.807) is 13.8 Å². The van der Waals surface area contributed by atoms with Crippen LogP contribution in [-0.4, -0.2) is 18.4 Å². The van der Waals surface area contributed by atoms with Gasteiger partial charge in [-0.15, -0.1) is 0 Å². The van der Waals surface area contributed by atoms with Crippen LogP contribution in [0.25, 0.3) is 0 Å². The minimum absolute atomic E-state index is 0.0301. The van der Waals surface area contributed by atoms with Crippen molar-refractivity contribution in [3.8, 4) is 0 Å². The molecule has 1 aliphatic heterocycles. The van der Waals surface area contributed by atoms with Gasteiger partial charge in [-0.1, -0.05) is 26.0 Å². The van der Waals surface area contributed by atoms with Crippen LogP contribution in [0.2, 0.25) is 0 Å². The third kappa shape index (κ3) is 3.17. The fraction of sp³-hybridized carbons (Fsp3) is 0.429. The molecule has 1 heterocycles. The number of carbonyl (C=O) groups is 2. The molecular formula is C21H23F2NO3. The first-order valence-electron chi connectivity index (χ1n) is 9.05. The van der Waals surface area contributed by atoms with Gasteiger partial charge in [0.2, 0.25) is 0 Å². The van der Waals surface area contributed by atoms with Gasteiger partial charge in [-0.3, -0.25) is 4.79 Å². The zero-order valence-corrected chi connectivity index (χ0v) is 15.9. The van der Waals surface area contributed by atoms with Crippen LogP contribution in [0.1, 0.15) is 52.0 Å². The van der Waals surface area contributed by atoms with Crippen molar-refractivity contribution in [3.63, 3.8) is 0 Å². The molecule has 27 heavy (non-hydrogen) atoms. The fourth-order valence-corrected chi connectivity index (χ4v) is 3.81. The molecule has 4 nitrogen and oxygen atoms in total. The van der Waals surface area contributed by atoms with Crippen LogP contribution in [-0.2, 0) is 14.3 Å². The first-order valence-corrected chi connectivity index (χ1v) is 9.05. The van der Waals surface area contributed by atoms with Crippen LogP contribution < -0.4 is 5.32 Å². The number of allylic oxidation sites excluding steroid dienone is 3. The number of rotatable bonds is 3. The maximum absolute atomic E-state index is 14.7. The summed E-state index contributed by atoms with van der Waals surface area (Å²) in [5.41, 5.74) is 0.952. The molecule has 0 saturated carbocycles. The zero-order valence-electron chi connectivity index (χ0n) is 15.9. The van der Waals surface area contributed by atoms with E-state index in [2.05, 4.69) is 5.32 Å². The summed E-state index contributed by atoms with van der Waals surface area (Å²) in [5.74, 6) is -3.88. The van der Waals surface area contributed by atoms with Crippen molar-refractivity contribution in [1.29, 1.82) is 0 Å². The van der Waals surface area contributed by atoms with E-state index in [-0.39, 0.29) is 23.5 Å². The largest absolute Gasteiger partial charge is 0.463 e. The molecule has 144 valence electrons. The molecule has 1 N–H and O–H groups in total. The minimum Gasteiger partial charge on any atom is -0.463 e. The Labute approximate surface area is 157 Å². The highest BCUT2D eigenvalue weighted by Gasteiger charge is 2.45. The Bertz CT molecular complexity index is 883. The van der Waals surface area contributed by atoms with E-state index < -0.39 is 28.9 Å². The van der Waals surface area contributed by atoms with E-state index in [0.717, 1.165) is 6.07 Å². The lowest BCUT2D eigenvalue weighted by molar-refractivity contribution is -0.138. The summed E-state index contributed by atoms with van der Waals surface area (Å²) in [7, 11) is 0. The predicted molar refractivity (Wildman–Crippen MR) is 96.6 cm³/mol. The quantitative estimate of drug-likeness (QED) is 0.807. The Balaban J connectivity index is 2.26. The number of Topliss-reactive ketones (excluding diaryl/α,β-unsaturated/α-hetero) is 1. The highest BCUT2D eigenvalue weighted by atomic mass is 19.2. The van der Waals surface area contributed by atoms with E-state index in [9.17, 15) is 18.4 Å². The van der Waals surface area contributed by atoms with E-state index in [1.165, 1.54) is 12.1 Å². The van der Waals surface area contributed by atoms with E-state index in [0.29, 0.717) is 29.8 Å². The van der Waals surface area contributed by atoms with Crippen LogP contribution in [0, 0.1) is 17.0 Å². The molecule has 0 aromatic heterocycles. The van der Waals surface area contributed by atoms with Crippen molar-refractivity contribution in [2.24, 2.45) is 5.41 Å². The average molecular weight is 375 g/mol. The van der Waals surface area contributed by atoms with Gasteiger partial charge in [0, 0.05) is 27.9 Å². The van der Waals surface area contributed by atoms with Crippen molar-refractivity contribution < 1.29 is 23.1 Å². The summed E-state index contributed by atoms with van der Waals surface area (Å²) in [6.45, 7) is 7.14. The van der Waals surface area contributed by atoms with E-state index in [4.69, 9.17) is 4.74 Å². The number of dihydropyridines is 1. The number of carbonyl (C=O) groups excluding carboxylic acids is 2. The summed E-state index contributed by atoms with van der Waals surface area (Å²) < 4.78 is 33.8. The van der Waals surface area contributed by atoms with Gasteiger partial charge in [-0.2, -0.15) is 0 Å². The molecule has 2 aliphatic rings. The predicted octanol–water partition coefficient (Wildman–Crippen LogP) is 4.13. The maximum atomic E-state index is 14.7. The van der Waals surface area contributed by atoms with Crippen LogP contribution in [0.5, 0.6) is 0 Å². The monoisotopic (exact) mass is 375 g/mol. The molecule has 0 amide bonds. The van der Waals surface area contributed by atoms with Crippen LogP contribution in [0.3, 0.4) is 0 Å². The summed E-state index contributed by atoms with van der Waals surface area (Å²) in [6, 6.07) is 3.81. The molecule has 0 radical (unpaired) electrons. The number of esters is 1. The Morgan fingerprint density at radius 3 is 2.70 bits per heavy atom. The molecule has 1 unspecified atom stereocenters. The van der Waals surface area contributed by atoms with Crippen molar-refractivity contribution in [3.05, 3.63) is 57.9 Å². The first-order chi connectivity index (χ1) is 12.7. The van der Waals surface area contributed by atoms with Crippen LogP contribution >= 0.6 is 0 Å². The van der Waals surface area contributed by atoms with Gasteiger partial charge in [0.15, 0.2) is 17.4 Å². The van der Waals surface area contributed by atoms with Crippen LogP contribution in [0.4, 0.5) is 8.78 Å². The lowest BCUT2D eigenvalue weighted by Crippen LogP contribution is -2.40. The Morgan fingerprint density at radius 2 is 2.04 bits per heavy atom. The Kier molecular flexibility index (Phi) is 4.93. The molecule has 0 bridgehead atoms. The number of halogens is 2. The molecule has 0 spiro atoms. The lowest BCUT2D eigenvalue weighted by atomic mass is 9.67. The number of ketones is 1. The third-order valence-corrected chi connectivity index (χ3v) is 5.29. The highest BCUT2D eigenvalue weighted by Crippen LogP contribution is 2.47. The number of hydrogen-bond acceptors (Lipinski definition) is 4. The average Bonchev–Trinajstić information content (AvgIpc) is 2.60. The van der Waals surface area contributed by atoms with Crippen molar-refractivity contribution in [2.75, 3.05) is 6.61 Å². The maximum Gasteiger partial charge on any atom is 0.336 e. The summed E-state index contributed by atoms with van der Waals surface area (Å²) >= 11 is 0. The van der Waals surface area contributed by atoms with Crippen LogP contribution in [0.15, 0.2) is 40.7 Å². The highest BCUT2D eigenvalue weighted by molar-refractivity contribution is 6.06. The van der Waals surface area contributed by atoms with Gasteiger partial charge in [0.05, 0.1) is 18.1 Å². The Hall–Kier alpha value is -2.50. The lowest BCUT2D eigenvalue weighted by Gasteiger charge is -2.39. The summed E-state index contributed by atoms with van der Waals surface area (Å²) in [4.78, 5) is 25.9. The van der Waals surface area contributed by atoms with Crippen molar-refractivity contribution in [1.82, 2.24) is 5.32 Å². The molecule has 6 heteroatoms. The molecule has 1 aromatic rings. The standard InChI is InChI=1S/C21H23F2NO3/c1-5-27-20(26)15-11(2)24-14-9-10-21(3,4)19(25)17(14)16(15)12-7-6-8-13(22)18(12)23/h6-8,16,24H,5,9-10H2,1-4H3. The van der Waals surface area contributed by atoms with Crippen molar-refractivity contribution in [2.45, 2.75) is 46.5 Å². The van der Waals surface area contributed by atoms with E-state index in [1.807, 2.05) is 13.8 Å². The van der Waals surface area contributed by atoms with Crippen molar-refractivity contribution >= 4 is 11.8 Å². The SMILES string of the molecule is CCOC(=O)C1=C(C)NC2=C(C(=O)C(C)(C)CC2)C1c1cccc(F)c1F. The first kappa shape index (κ1) is 19.3. The minimum atomic E-state index is -1.05. The zero-order chi connectivity index (χ0) is 19.9. The number of hydrogen-bond donors (Lipinski definition) is 1. The number of benzene rings is 1. The second kappa shape index (κ2) is 6.91. The topological polar surface area (TPSA) is 55.4 Å². The van der Waals surface area contributed by atoms with Gasteiger partial charge in [0.1, 0.15) is 0 Å².